The SMILES string of the molecule is Cc1sc2c(NCCCc3ccccc3)nc(-c3ccncc3)nc2c1-c1ccn[nH]1. The number of nitrogens with zero attached hydrogens (tertiary/aromatic N) is 4. The van der Waals surface area contributed by atoms with Crippen LogP contribution in [0.5, 0.6) is 0 Å². The van der Waals surface area contributed by atoms with E-state index in [4.69, 9.17) is 9.97 Å². The number of fused-ring (bicyclic) bond motifs is 1. The van der Waals surface area contributed by atoms with Gasteiger partial charge in [-0.1, -0.05) is 30.3 Å². The van der Waals surface area contributed by atoms with Gasteiger partial charge in [-0.15, -0.1) is 11.3 Å². The highest BCUT2D eigenvalue weighted by Gasteiger charge is 2.19. The molecule has 0 saturated carbocycles. The van der Waals surface area contributed by atoms with Crippen LogP contribution in [-0.2, 0) is 6.42 Å². The predicted molar refractivity (Wildman–Crippen MR) is 126 cm³/mol. The Bertz CT molecular complexity index is 1280. The van der Waals surface area contributed by atoms with Crippen molar-refractivity contribution in [2.24, 2.45) is 0 Å². The molecule has 0 aliphatic carbocycles. The van der Waals surface area contributed by atoms with Crippen LogP contribution in [-0.4, -0.2) is 31.7 Å². The lowest BCUT2D eigenvalue weighted by molar-refractivity contribution is 0.860. The molecule has 0 aliphatic heterocycles. The number of H-pyrrole nitrogens is 1. The largest absolute Gasteiger partial charge is 0.369 e. The van der Waals surface area contributed by atoms with Gasteiger partial charge in [0.15, 0.2) is 5.82 Å². The number of nitrogens with one attached hydrogen (secondary N) is 2. The molecule has 1 aromatic carbocycles. The topological polar surface area (TPSA) is 79.4 Å². The third-order valence-corrected chi connectivity index (χ3v) is 6.30. The second-order valence-corrected chi connectivity index (χ2v) is 8.55. The van der Waals surface area contributed by atoms with E-state index in [2.05, 4.69) is 57.8 Å². The monoisotopic (exact) mass is 426 g/mol. The lowest BCUT2D eigenvalue weighted by Gasteiger charge is -2.09. The molecule has 5 rings (SSSR count). The Hall–Kier alpha value is -3.58. The van der Waals surface area contributed by atoms with Crippen molar-refractivity contribution in [1.29, 1.82) is 0 Å². The third-order valence-electron chi connectivity index (χ3n) is 5.20. The maximum absolute atomic E-state index is 4.94. The van der Waals surface area contributed by atoms with Crippen LogP contribution in [0.1, 0.15) is 16.9 Å². The van der Waals surface area contributed by atoms with Gasteiger partial charge >= 0.3 is 0 Å². The zero-order valence-electron chi connectivity index (χ0n) is 17.2. The molecule has 0 amide bonds. The highest BCUT2D eigenvalue weighted by Crippen LogP contribution is 2.40. The zero-order valence-corrected chi connectivity index (χ0v) is 18.0. The summed E-state index contributed by atoms with van der Waals surface area (Å²) in [7, 11) is 0. The van der Waals surface area contributed by atoms with E-state index in [1.54, 1.807) is 29.9 Å². The van der Waals surface area contributed by atoms with Crippen molar-refractivity contribution in [2.45, 2.75) is 19.8 Å². The Balaban J connectivity index is 1.50. The molecule has 0 radical (unpaired) electrons. The van der Waals surface area contributed by atoms with Crippen molar-refractivity contribution in [3.63, 3.8) is 0 Å². The van der Waals surface area contributed by atoms with E-state index in [0.717, 1.165) is 52.2 Å². The van der Waals surface area contributed by atoms with Crippen LogP contribution in [0.3, 0.4) is 0 Å². The number of benzene rings is 1. The molecule has 0 atom stereocenters. The van der Waals surface area contributed by atoms with Crippen LogP contribution < -0.4 is 5.32 Å². The first-order valence-electron chi connectivity index (χ1n) is 10.3. The summed E-state index contributed by atoms with van der Waals surface area (Å²) in [6.07, 6.45) is 7.36. The lowest BCUT2D eigenvalue weighted by atomic mass is 10.1. The van der Waals surface area contributed by atoms with Gasteiger partial charge in [0.05, 0.1) is 15.9 Å². The zero-order chi connectivity index (χ0) is 21.0. The normalized spacial score (nSPS) is 11.1. The molecule has 0 fully saturated rings. The van der Waals surface area contributed by atoms with E-state index in [1.165, 1.54) is 10.4 Å². The molecule has 0 aliphatic rings. The number of hydrogen-bond acceptors (Lipinski definition) is 6. The second kappa shape index (κ2) is 8.65. The van der Waals surface area contributed by atoms with E-state index < -0.39 is 0 Å². The molecule has 5 aromatic rings. The Labute approximate surface area is 184 Å². The molecule has 7 heteroatoms. The van der Waals surface area contributed by atoms with Crippen molar-refractivity contribution in [3.8, 4) is 22.6 Å². The molecule has 4 aromatic heterocycles. The Morgan fingerprint density at radius 1 is 0.968 bits per heavy atom. The van der Waals surface area contributed by atoms with Crippen LogP contribution in [0.2, 0.25) is 0 Å². The summed E-state index contributed by atoms with van der Waals surface area (Å²) in [4.78, 5) is 15.1. The van der Waals surface area contributed by atoms with E-state index in [0.29, 0.717) is 5.82 Å². The third kappa shape index (κ3) is 4.04. The first-order valence-corrected chi connectivity index (χ1v) is 11.1. The minimum Gasteiger partial charge on any atom is -0.369 e. The van der Waals surface area contributed by atoms with Gasteiger partial charge in [0, 0.05) is 41.1 Å². The smallest absolute Gasteiger partial charge is 0.162 e. The van der Waals surface area contributed by atoms with Crippen LogP contribution in [0, 0.1) is 6.92 Å². The fraction of sp³-hybridized carbons (Fsp3) is 0.167. The fourth-order valence-electron chi connectivity index (χ4n) is 3.69. The number of thiophene rings is 1. The number of pyridine rings is 1. The van der Waals surface area contributed by atoms with E-state index >= 15 is 0 Å². The standard InChI is InChI=1S/C24H22N6S/c1-16-20(19-11-15-27-30-19)21-22(31-16)24(26-12-5-8-17-6-3-2-4-7-17)29-23(28-21)18-9-13-25-14-10-18/h2-4,6-7,9-11,13-15H,5,8,12H2,1H3,(H,27,30)(H,26,28,29). The summed E-state index contributed by atoms with van der Waals surface area (Å²) >= 11 is 1.71. The first kappa shape index (κ1) is 19.4. The molecule has 0 spiro atoms. The van der Waals surface area contributed by atoms with E-state index in [9.17, 15) is 0 Å². The van der Waals surface area contributed by atoms with Crippen molar-refractivity contribution >= 4 is 27.4 Å². The van der Waals surface area contributed by atoms with Gasteiger partial charge < -0.3 is 5.32 Å². The fourth-order valence-corrected chi connectivity index (χ4v) is 4.77. The lowest BCUT2D eigenvalue weighted by Crippen LogP contribution is -2.06. The van der Waals surface area contributed by atoms with E-state index in [-0.39, 0.29) is 0 Å². The van der Waals surface area contributed by atoms with Crippen LogP contribution in [0.15, 0.2) is 67.1 Å². The molecule has 6 nitrogen and oxygen atoms in total. The van der Waals surface area contributed by atoms with Crippen LogP contribution in [0.25, 0.3) is 32.9 Å². The number of anilines is 1. The summed E-state index contributed by atoms with van der Waals surface area (Å²) < 4.78 is 1.07. The molecule has 4 heterocycles. The van der Waals surface area contributed by atoms with Gasteiger partial charge in [-0.05, 0) is 43.5 Å². The Morgan fingerprint density at radius 3 is 2.58 bits per heavy atom. The number of aromatic amines is 1. The number of rotatable bonds is 7. The summed E-state index contributed by atoms with van der Waals surface area (Å²) in [6.45, 7) is 2.96. The Kier molecular flexibility index (Phi) is 5.41. The van der Waals surface area contributed by atoms with Crippen LogP contribution >= 0.6 is 11.3 Å². The van der Waals surface area contributed by atoms with Gasteiger partial charge in [0.25, 0.3) is 0 Å². The highest BCUT2D eigenvalue weighted by molar-refractivity contribution is 7.20. The molecule has 154 valence electrons. The molecular weight excluding hydrogens is 404 g/mol. The highest BCUT2D eigenvalue weighted by atomic mass is 32.1. The first-order chi connectivity index (χ1) is 15.3. The maximum atomic E-state index is 4.94. The van der Waals surface area contributed by atoms with Gasteiger partial charge in [-0.25, -0.2) is 9.97 Å². The second-order valence-electron chi connectivity index (χ2n) is 7.33. The number of aromatic nitrogens is 5. The van der Waals surface area contributed by atoms with Crippen molar-refractivity contribution in [1.82, 2.24) is 25.1 Å². The molecule has 0 unspecified atom stereocenters. The van der Waals surface area contributed by atoms with Gasteiger partial charge in [0.1, 0.15) is 5.82 Å². The van der Waals surface area contributed by atoms with Crippen LogP contribution in [0.4, 0.5) is 5.82 Å². The minimum absolute atomic E-state index is 0.694. The summed E-state index contributed by atoms with van der Waals surface area (Å²) in [5.41, 5.74) is 5.30. The summed E-state index contributed by atoms with van der Waals surface area (Å²) in [5, 5.41) is 10.8. The minimum atomic E-state index is 0.694. The summed E-state index contributed by atoms with van der Waals surface area (Å²) in [6, 6.07) is 16.4. The molecule has 0 bridgehead atoms. The molecular formula is C24H22N6S. The average molecular weight is 427 g/mol. The number of aryl methyl sites for hydroxylation is 2. The molecule has 2 N–H and O–H groups in total. The quantitative estimate of drug-likeness (QED) is 0.336. The molecule has 0 saturated heterocycles. The molecule has 31 heavy (non-hydrogen) atoms. The van der Waals surface area contributed by atoms with Gasteiger partial charge in [-0.3, -0.25) is 10.1 Å². The Morgan fingerprint density at radius 2 is 1.81 bits per heavy atom. The summed E-state index contributed by atoms with van der Waals surface area (Å²) in [5.74, 6) is 1.57. The van der Waals surface area contributed by atoms with Gasteiger partial charge in [-0.2, -0.15) is 5.10 Å². The van der Waals surface area contributed by atoms with Crippen molar-refractivity contribution in [3.05, 3.63) is 77.6 Å². The maximum Gasteiger partial charge on any atom is 0.162 e. The predicted octanol–water partition coefficient (Wildman–Crippen LogP) is 5.50. The number of hydrogen-bond donors (Lipinski definition) is 2. The van der Waals surface area contributed by atoms with Crippen molar-refractivity contribution in [2.75, 3.05) is 11.9 Å². The van der Waals surface area contributed by atoms with Gasteiger partial charge in [0.2, 0.25) is 0 Å². The average Bonchev–Trinajstić information content (AvgIpc) is 3.45. The van der Waals surface area contributed by atoms with E-state index in [1.807, 2.05) is 18.2 Å². The van der Waals surface area contributed by atoms with Crippen molar-refractivity contribution < 1.29 is 0 Å².